The normalized spacial score (nSPS) is 18.9. The highest BCUT2D eigenvalue weighted by atomic mass is 32.1. The molecule has 1 aliphatic carbocycles. The fourth-order valence-electron chi connectivity index (χ4n) is 2.54. The largest absolute Gasteiger partial charge is 0.378 e. The molecule has 24 heavy (non-hydrogen) atoms. The maximum atomic E-state index is 12.3. The molecular formula is C18H20N2O3S. The number of carbonyl (C=O) groups is 2. The second-order valence-electron chi connectivity index (χ2n) is 5.68. The number of carbonyl (C=O) groups excluding carboxylic acids is 2. The van der Waals surface area contributed by atoms with Gasteiger partial charge in [0.15, 0.2) is 0 Å². The summed E-state index contributed by atoms with van der Waals surface area (Å²) in [5, 5.41) is 7.71. The predicted octanol–water partition coefficient (Wildman–Crippen LogP) is 3.29. The zero-order valence-corrected chi connectivity index (χ0v) is 14.3. The van der Waals surface area contributed by atoms with E-state index in [-0.39, 0.29) is 23.8 Å². The Kier molecular flexibility index (Phi) is 5.27. The van der Waals surface area contributed by atoms with E-state index in [4.69, 9.17) is 4.74 Å². The van der Waals surface area contributed by atoms with Crippen molar-refractivity contribution in [1.29, 1.82) is 0 Å². The van der Waals surface area contributed by atoms with Crippen molar-refractivity contribution in [2.24, 2.45) is 5.92 Å². The lowest BCUT2D eigenvalue weighted by molar-refractivity contribution is -0.118. The number of rotatable bonds is 7. The zero-order chi connectivity index (χ0) is 16.9. The van der Waals surface area contributed by atoms with Gasteiger partial charge >= 0.3 is 0 Å². The molecule has 1 aromatic carbocycles. The van der Waals surface area contributed by atoms with Gasteiger partial charge in [0.25, 0.3) is 0 Å². The summed E-state index contributed by atoms with van der Waals surface area (Å²) in [6.45, 7) is 2.54. The highest BCUT2D eigenvalue weighted by molar-refractivity contribution is 7.10. The Morgan fingerprint density at radius 1 is 1.17 bits per heavy atom. The second-order valence-corrected chi connectivity index (χ2v) is 6.71. The van der Waals surface area contributed by atoms with E-state index in [0.717, 1.165) is 11.3 Å². The van der Waals surface area contributed by atoms with E-state index in [1.807, 2.05) is 36.6 Å². The predicted molar refractivity (Wildman–Crippen MR) is 95.2 cm³/mol. The van der Waals surface area contributed by atoms with E-state index >= 15 is 0 Å². The van der Waals surface area contributed by atoms with Crippen LogP contribution in [-0.4, -0.2) is 24.5 Å². The molecule has 0 unspecified atom stereocenters. The van der Waals surface area contributed by atoms with E-state index in [0.29, 0.717) is 24.4 Å². The topological polar surface area (TPSA) is 67.4 Å². The number of para-hydroxylation sites is 2. The molecule has 0 aliphatic heterocycles. The average Bonchev–Trinajstić information content (AvgIpc) is 3.15. The van der Waals surface area contributed by atoms with Gasteiger partial charge in [-0.1, -0.05) is 18.2 Å². The number of benzene rings is 1. The summed E-state index contributed by atoms with van der Waals surface area (Å²) in [6.07, 6.45) is 1.11. The first-order valence-corrected chi connectivity index (χ1v) is 8.89. The molecule has 0 bridgehead atoms. The highest BCUT2D eigenvalue weighted by Gasteiger charge is 2.44. The molecule has 1 fully saturated rings. The second kappa shape index (κ2) is 7.59. The highest BCUT2D eigenvalue weighted by Crippen LogP contribution is 2.35. The van der Waals surface area contributed by atoms with Crippen LogP contribution in [0.1, 0.15) is 18.2 Å². The number of nitrogens with one attached hydrogen (secondary N) is 2. The molecule has 1 heterocycles. The van der Waals surface area contributed by atoms with Crippen LogP contribution in [0.5, 0.6) is 0 Å². The van der Waals surface area contributed by atoms with Gasteiger partial charge in [0.1, 0.15) is 0 Å². The average molecular weight is 344 g/mol. The van der Waals surface area contributed by atoms with Gasteiger partial charge in [-0.3, -0.25) is 9.59 Å². The molecule has 0 radical (unpaired) electrons. The summed E-state index contributed by atoms with van der Waals surface area (Å²) in [4.78, 5) is 25.4. The van der Waals surface area contributed by atoms with Crippen molar-refractivity contribution in [3.8, 4) is 0 Å². The molecule has 0 spiro atoms. The molecular weight excluding hydrogens is 324 g/mol. The van der Waals surface area contributed by atoms with Crippen LogP contribution in [0, 0.1) is 5.92 Å². The van der Waals surface area contributed by atoms with Gasteiger partial charge in [0, 0.05) is 11.5 Å². The lowest BCUT2D eigenvalue weighted by Crippen LogP contribution is -2.19. The molecule has 6 heteroatoms. The molecule has 5 nitrogen and oxygen atoms in total. The molecule has 0 saturated heterocycles. The SMILES string of the molecule is CCO[C@H]1C[C@@H]1C(=O)Nc1ccccc1NC(=O)Cc1cccs1. The van der Waals surface area contributed by atoms with E-state index in [9.17, 15) is 9.59 Å². The smallest absolute Gasteiger partial charge is 0.230 e. The van der Waals surface area contributed by atoms with Gasteiger partial charge < -0.3 is 15.4 Å². The number of thiophene rings is 1. The summed E-state index contributed by atoms with van der Waals surface area (Å²) in [5.41, 5.74) is 1.23. The number of hydrogen-bond acceptors (Lipinski definition) is 4. The fraction of sp³-hybridized carbons (Fsp3) is 0.333. The van der Waals surface area contributed by atoms with Crippen molar-refractivity contribution in [2.45, 2.75) is 25.9 Å². The van der Waals surface area contributed by atoms with Crippen LogP contribution in [0.25, 0.3) is 0 Å². The molecule has 2 amide bonds. The Morgan fingerprint density at radius 2 is 1.92 bits per heavy atom. The summed E-state index contributed by atoms with van der Waals surface area (Å²) in [6, 6.07) is 11.1. The quantitative estimate of drug-likeness (QED) is 0.810. The summed E-state index contributed by atoms with van der Waals surface area (Å²) in [7, 11) is 0. The molecule has 2 N–H and O–H groups in total. The lowest BCUT2D eigenvalue weighted by Gasteiger charge is -2.12. The van der Waals surface area contributed by atoms with Crippen molar-refractivity contribution in [3.05, 3.63) is 46.7 Å². The Hall–Kier alpha value is -2.18. The maximum Gasteiger partial charge on any atom is 0.230 e. The maximum absolute atomic E-state index is 12.3. The van der Waals surface area contributed by atoms with Gasteiger partial charge in [-0.05, 0) is 36.9 Å². The first-order chi connectivity index (χ1) is 11.7. The van der Waals surface area contributed by atoms with Crippen molar-refractivity contribution in [2.75, 3.05) is 17.2 Å². The van der Waals surface area contributed by atoms with Crippen LogP contribution >= 0.6 is 11.3 Å². The van der Waals surface area contributed by atoms with Crippen molar-refractivity contribution >= 4 is 34.5 Å². The third-order valence-electron chi connectivity index (χ3n) is 3.82. The minimum Gasteiger partial charge on any atom is -0.378 e. The molecule has 1 aliphatic rings. The Labute approximate surface area is 145 Å². The third-order valence-corrected chi connectivity index (χ3v) is 4.70. The van der Waals surface area contributed by atoms with Gasteiger partial charge in [-0.15, -0.1) is 11.3 Å². The van der Waals surface area contributed by atoms with Crippen molar-refractivity contribution < 1.29 is 14.3 Å². The van der Waals surface area contributed by atoms with Crippen LogP contribution < -0.4 is 10.6 Å². The Balaban J connectivity index is 1.60. The molecule has 126 valence electrons. The zero-order valence-electron chi connectivity index (χ0n) is 13.5. The number of amides is 2. The number of anilines is 2. The first kappa shape index (κ1) is 16.7. The third kappa shape index (κ3) is 4.21. The van der Waals surface area contributed by atoms with Gasteiger partial charge in [-0.25, -0.2) is 0 Å². The van der Waals surface area contributed by atoms with E-state index in [2.05, 4.69) is 10.6 Å². The number of ether oxygens (including phenoxy) is 1. The standard InChI is InChI=1S/C18H20N2O3S/c1-2-23-16-11-13(16)18(22)20-15-8-4-3-7-14(15)19-17(21)10-12-6-5-9-24-12/h3-9,13,16H,2,10-11H2,1H3,(H,19,21)(H,20,22)/t13-,16-/m0/s1. The van der Waals surface area contributed by atoms with Crippen molar-refractivity contribution in [1.82, 2.24) is 0 Å². The van der Waals surface area contributed by atoms with Gasteiger partial charge in [-0.2, -0.15) is 0 Å². The van der Waals surface area contributed by atoms with E-state index in [1.165, 1.54) is 0 Å². The van der Waals surface area contributed by atoms with Gasteiger partial charge in [0.05, 0.1) is 29.8 Å². The Bertz CT molecular complexity index is 715. The van der Waals surface area contributed by atoms with Crippen molar-refractivity contribution in [3.63, 3.8) is 0 Å². The van der Waals surface area contributed by atoms with Crippen LogP contribution in [0.15, 0.2) is 41.8 Å². The fourth-order valence-corrected chi connectivity index (χ4v) is 3.24. The van der Waals surface area contributed by atoms with Crippen LogP contribution in [0.4, 0.5) is 11.4 Å². The lowest BCUT2D eigenvalue weighted by atomic mass is 10.2. The molecule has 2 aromatic rings. The van der Waals surface area contributed by atoms with Crippen LogP contribution in [0.2, 0.25) is 0 Å². The monoisotopic (exact) mass is 344 g/mol. The van der Waals surface area contributed by atoms with Gasteiger partial charge in [0.2, 0.25) is 11.8 Å². The molecule has 1 aromatic heterocycles. The number of hydrogen-bond donors (Lipinski definition) is 2. The van der Waals surface area contributed by atoms with Crippen LogP contribution in [-0.2, 0) is 20.7 Å². The summed E-state index contributed by atoms with van der Waals surface area (Å²) >= 11 is 1.55. The Morgan fingerprint density at radius 3 is 2.58 bits per heavy atom. The molecule has 2 atom stereocenters. The minimum absolute atomic E-state index is 0.0237. The minimum atomic E-state index is -0.0993. The van der Waals surface area contributed by atoms with E-state index in [1.54, 1.807) is 23.5 Å². The summed E-state index contributed by atoms with van der Waals surface area (Å²) < 4.78 is 5.45. The molecule has 3 rings (SSSR count). The first-order valence-electron chi connectivity index (χ1n) is 8.01. The van der Waals surface area contributed by atoms with Crippen LogP contribution in [0.3, 0.4) is 0 Å². The molecule has 1 saturated carbocycles. The summed E-state index contributed by atoms with van der Waals surface area (Å²) in [5.74, 6) is -0.258. The van der Waals surface area contributed by atoms with E-state index < -0.39 is 0 Å².